The number of nitrogens with zero attached hydrogens (tertiary/aromatic N) is 1. The van der Waals surface area contributed by atoms with Crippen LogP contribution in [0.2, 0.25) is 0 Å². The van der Waals surface area contributed by atoms with Gasteiger partial charge in [-0.15, -0.1) is 0 Å². The van der Waals surface area contributed by atoms with E-state index in [-0.39, 0.29) is 11.9 Å². The molecule has 1 saturated carbocycles. The third-order valence-corrected chi connectivity index (χ3v) is 7.69. The lowest BCUT2D eigenvalue weighted by Crippen LogP contribution is -2.50. The van der Waals surface area contributed by atoms with E-state index in [0.29, 0.717) is 32.4 Å². The van der Waals surface area contributed by atoms with Crippen LogP contribution < -0.4 is 4.72 Å². The first-order valence-electron chi connectivity index (χ1n) is 10.2. The number of piperidine rings is 1. The Labute approximate surface area is 163 Å². The zero-order valence-corrected chi connectivity index (χ0v) is 17.4. The van der Waals surface area contributed by atoms with Gasteiger partial charge < -0.3 is 4.90 Å². The maximum absolute atomic E-state index is 12.7. The molecule has 3 rings (SSSR count). The van der Waals surface area contributed by atoms with Crippen LogP contribution in [0.15, 0.2) is 18.2 Å². The Morgan fingerprint density at radius 2 is 1.74 bits per heavy atom. The lowest BCUT2D eigenvalue weighted by atomic mass is 10.0. The predicted molar refractivity (Wildman–Crippen MR) is 108 cm³/mol. The average molecular weight is 393 g/mol. The summed E-state index contributed by atoms with van der Waals surface area (Å²) in [5.41, 5.74) is 3.59. The van der Waals surface area contributed by atoms with Crippen molar-refractivity contribution in [2.45, 2.75) is 76.5 Å². The van der Waals surface area contributed by atoms with Gasteiger partial charge in [-0.25, -0.2) is 13.1 Å². The summed E-state index contributed by atoms with van der Waals surface area (Å²) in [6.07, 6.45) is 6.60. The second-order valence-electron chi connectivity index (χ2n) is 8.24. The molecule has 6 heteroatoms. The molecule has 27 heavy (non-hydrogen) atoms. The number of hydrogen-bond donors (Lipinski definition) is 1. The Morgan fingerprint density at radius 3 is 2.41 bits per heavy atom. The predicted octanol–water partition coefficient (Wildman–Crippen LogP) is 3.09. The zero-order chi connectivity index (χ0) is 19.4. The normalized spacial score (nSPS) is 21.6. The molecular formula is C21H32N2O3S. The lowest BCUT2D eigenvalue weighted by molar-refractivity contribution is -0.131. The molecule has 1 aliphatic heterocycles. The lowest BCUT2D eigenvalue weighted by Gasteiger charge is -2.33. The van der Waals surface area contributed by atoms with Crippen molar-refractivity contribution in [1.29, 1.82) is 0 Å². The van der Waals surface area contributed by atoms with Crippen LogP contribution in [-0.4, -0.2) is 43.6 Å². The Balaban J connectivity index is 1.55. The number of carbonyl (C=O) groups is 1. The van der Waals surface area contributed by atoms with E-state index >= 15 is 0 Å². The van der Waals surface area contributed by atoms with Crippen molar-refractivity contribution in [3.05, 3.63) is 34.9 Å². The molecule has 0 bridgehead atoms. The summed E-state index contributed by atoms with van der Waals surface area (Å²) < 4.78 is 28.3. The molecule has 1 N–H and O–H groups in total. The molecule has 0 aromatic heterocycles. The van der Waals surface area contributed by atoms with Gasteiger partial charge in [-0.2, -0.15) is 0 Å². The number of sulfonamides is 1. The van der Waals surface area contributed by atoms with E-state index in [1.165, 1.54) is 16.7 Å². The third kappa shape index (κ3) is 5.55. The van der Waals surface area contributed by atoms with E-state index in [9.17, 15) is 13.2 Å². The Bertz CT molecular complexity index is 749. The molecule has 2 aliphatic rings. The second kappa shape index (κ2) is 8.74. The number of rotatable bonds is 6. The van der Waals surface area contributed by atoms with Gasteiger partial charge in [-0.3, -0.25) is 4.79 Å². The molecule has 1 aliphatic carbocycles. The maximum Gasteiger partial charge on any atom is 0.222 e. The molecule has 1 aromatic rings. The standard InChI is InChI=1S/C21H32N2O3S/c1-16-12-17(2)14-18(13-16)9-10-21(24)23-11-5-8-20(15-23)27(25,26)22-19-6-3-4-7-19/h12-14,19-20,22H,3-11,15H2,1-2H3. The Hall–Kier alpha value is -1.40. The van der Waals surface area contributed by atoms with Crippen molar-refractivity contribution in [1.82, 2.24) is 9.62 Å². The number of hydrogen-bond acceptors (Lipinski definition) is 3. The summed E-state index contributed by atoms with van der Waals surface area (Å²) in [6.45, 7) is 5.13. The van der Waals surface area contributed by atoms with Gasteiger partial charge in [0.1, 0.15) is 0 Å². The van der Waals surface area contributed by atoms with Crippen molar-refractivity contribution in [2.75, 3.05) is 13.1 Å². The summed E-state index contributed by atoms with van der Waals surface area (Å²) >= 11 is 0. The van der Waals surface area contributed by atoms with Crippen LogP contribution in [0.5, 0.6) is 0 Å². The first-order chi connectivity index (χ1) is 12.8. The SMILES string of the molecule is Cc1cc(C)cc(CCC(=O)N2CCCC(S(=O)(=O)NC3CCCC3)C2)c1. The van der Waals surface area contributed by atoms with Crippen LogP contribution in [0.3, 0.4) is 0 Å². The van der Waals surface area contributed by atoms with Crippen molar-refractivity contribution < 1.29 is 13.2 Å². The summed E-state index contributed by atoms with van der Waals surface area (Å²) in [7, 11) is -3.36. The Morgan fingerprint density at radius 1 is 1.07 bits per heavy atom. The molecule has 1 saturated heterocycles. The van der Waals surface area contributed by atoms with Crippen LogP contribution in [0.25, 0.3) is 0 Å². The number of carbonyl (C=O) groups excluding carboxylic acids is 1. The fourth-order valence-corrected chi connectivity index (χ4v) is 6.16. The monoisotopic (exact) mass is 392 g/mol. The second-order valence-corrected chi connectivity index (χ2v) is 10.2. The van der Waals surface area contributed by atoms with Gasteiger partial charge in [0, 0.05) is 25.6 Å². The number of amides is 1. The zero-order valence-electron chi connectivity index (χ0n) is 16.5. The highest BCUT2D eigenvalue weighted by Gasteiger charge is 2.34. The first kappa shape index (κ1) is 20.3. The topological polar surface area (TPSA) is 66.5 Å². The highest BCUT2D eigenvalue weighted by molar-refractivity contribution is 7.90. The highest BCUT2D eigenvalue weighted by atomic mass is 32.2. The van der Waals surface area contributed by atoms with Crippen LogP contribution >= 0.6 is 0 Å². The molecule has 0 spiro atoms. The minimum atomic E-state index is -3.36. The number of aryl methyl sites for hydroxylation is 3. The number of benzene rings is 1. The number of likely N-dealkylation sites (tertiary alicyclic amines) is 1. The van der Waals surface area contributed by atoms with Gasteiger partial charge in [-0.1, -0.05) is 42.2 Å². The fourth-order valence-electron chi connectivity index (χ4n) is 4.41. The molecule has 2 fully saturated rings. The van der Waals surface area contributed by atoms with E-state index in [1.54, 1.807) is 4.90 Å². The van der Waals surface area contributed by atoms with Gasteiger partial charge in [0.05, 0.1) is 5.25 Å². The maximum atomic E-state index is 12.7. The molecule has 1 heterocycles. The molecule has 1 unspecified atom stereocenters. The quantitative estimate of drug-likeness (QED) is 0.809. The fraction of sp³-hybridized carbons (Fsp3) is 0.667. The first-order valence-corrected chi connectivity index (χ1v) is 11.7. The van der Waals surface area contributed by atoms with E-state index in [1.807, 2.05) is 0 Å². The smallest absolute Gasteiger partial charge is 0.222 e. The van der Waals surface area contributed by atoms with E-state index in [2.05, 4.69) is 36.8 Å². The van der Waals surface area contributed by atoms with Crippen LogP contribution in [0.1, 0.15) is 61.6 Å². The Kier molecular flexibility index (Phi) is 6.58. The number of nitrogens with one attached hydrogen (secondary N) is 1. The van der Waals surface area contributed by atoms with Gasteiger partial charge in [0.15, 0.2) is 0 Å². The van der Waals surface area contributed by atoms with Crippen molar-refractivity contribution in [3.8, 4) is 0 Å². The van der Waals surface area contributed by atoms with E-state index in [4.69, 9.17) is 0 Å². The van der Waals surface area contributed by atoms with Gasteiger partial charge in [0.25, 0.3) is 0 Å². The van der Waals surface area contributed by atoms with Crippen molar-refractivity contribution >= 4 is 15.9 Å². The van der Waals surface area contributed by atoms with Crippen LogP contribution in [-0.2, 0) is 21.2 Å². The van der Waals surface area contributed by atoms with Crippen molar-refractivity contribution in [2.24, 2.45) is 0 Å². The van der Waals surface area contributed by atoms with Gasteiger partial charge in [0.2, 0.25) is 15.9 Å². The summed E-state index contributed by atoms with van der Waals surface area (Å²) in [6, 6.07) is 6.46. The van der Waals surface area contributed by atoms with E-state index < -0.39 is 15.3 Å². The van der Waals surface area contributed by atoms with Gasteiger partial charge in [-0.05, 0) is 51.5 Å². The summed E-state index contributed by atoms with van der Waals surface area (Å²) in [5.74, 6) is 0.0647. The van der Waals surface area contributed by atoms with E-state index in [0.717, 1.165) is 32.1 Å². The van der Waals surface area contributed by atoms with Crippen LogP contribution in [0, 0.1) is 13.8 Å². The highest BCUT2D eigenvalue weighted by Crippen LogP contribution is 2.22. The molecule has 0 radical (unpaired) electrons. The van der Waals surface area contributed by atoms with Crippen molar-refractivity contribution in [3.63, 3.8) is 0 Å². The molecule has 1 amide bonds. The molecule has 1 atom stereocenters. The third-order valence-electron chi connectivity index (χ3n) is 5.76. The molecular weight excluding hydrogens is 360 g/mol. The minimum absolute atomic E-state index is 0.0647. The molecule has 5 nitrogen and oxygen atoms in total. The molecule has 1 aromatic carbocycles. The molecule has 150 valence electrons. The summed E-state index contributed by atoms with van der Waals surface area (Å²) in [5, 5.41) is -0.475. The minimum Gasteiger partial charge on any atom is -0.341 e. The van der Waals surface area contributed by atoms with Gasteiger partial charge >= 0.3 is 0 Å². The average Bonchev–Trinajstić information content (AvgIpc) is 3.11. The van der Waals surface area contributed by atoms with Crippen LogP contribution in [0.4, 0.5) is 0 Å². The summed E-state index contributed by atoms with van der Waals surface area (Å²) in [4.78, 5) is 14.4. The largest absolute Gasteiger partial charge is 0.341 e.